The van der Waals surface area contributed by atoms with E-state index in [9.17, 15) is 13.5 Å². The number of aryl methyl sites for hydroxylation is 1. The molecule has 0 fully saturated rings. The molecular formula is C20H25KO5S. The Morgan fingerprint density at radius 2 is 1.59 bits per heavy atom. The number of para-hydroxylation sites is 1. The van der Waals surface area contributed by atoms with Gasteiger partial charge >= 0.3 is 51.4 Å². The van der Waals surface area contributed by atoms with Gasteiger partial charge in [0, 0.05) is 0 Å². The van der Waals surface area contributed by atoms with Crippen LogP contribution < -0.4 is 61.2 Å². The zero-order chi connectivity index (χ0) is 19.0. The van der Waals surface area contributed by atoms with Crippen LogP contribution >= 0.6 is 0 Å². The van der Waals surface area contributed by atoms with Crippen molar-refractivity contribution in [2.24, 2.45) is 0 Å². The van der Waals surface area contributed by atoms with Crippen LogP contribution in [0.1, 0.15) is 51.0 Å². The van der Waals surface area contributed by atoms with E-state index in [0.717, 1.165) is 24.8 Å². The first-order chi connectivity index (χ1) is 12.4. The summed E-state index contributed by atoms with van der Waals surface area (Å²) >= 11 is 0. The van der Waals surface area contributed by atoms with Gasteiger partial charge in [-0.1, -0.05) is 63.0 Å². The number of hydrogen-bond acceptors (Lipinski definition) is 4. The minimum absolute atomic E-state index is 0. The summed E-state index contributed by atoms with van der Waals surface area (Å²) in [6.45, 7) is 2.19. The molecule has 1 N–H and O–H groups in total. The third-order valence-corrected chi connectivity index (χ3v) is 5.07. The number of unbranched alkanes of at least 4 members (excludes halogenated alkanes) is 5. The van der Waals surface area contributed by atoms with Gasteiger partial charge in [0.25, 0.3) is 10.1 Å². The Kier molecular flexibility index (Phi) is 11.1. The van der Waals surface area contributed by atoms with Crippen LogP contribution in [0.4, 0.5) is 0 Å². The van der Waals surface area contributed by atoms with Crippen molar-refractivity contribution < 1.29 is 74.2 Å². The average Bonchev–Trinajstić information content (AvgIpc) is 2.60. The smallest absolute Gasteiger partial charge is 0.870 e. The first-order valence-electron chi connectivity index (χ1n) is 8.96. The largest absolute Gasteiger partial charge is 1.00 e. The van der Waals surface area contributed by atoms with Crippen LogP contribution in [0.15, 0.2) is 47.4 Å². The molecule has 142 valence electrons. The van der Waals surface area contributed by atoms with E-state index in [0.29, 0.717) is 5.75 Å². The molecular weight excluding hydrogens is 391 g/mol. The number of ether oxygens (including phenoxy) is 1. The van der Waals surface area contributed by atoms with Gasteiger partial charge in [-0.2, -0.15) is 8.42 Å². The second-order valence-corrected chi connectivity index (χ2v) is 7.73. The van der Waals surface area contributed by atoms with Crippen molar-refractivity contribution in [1.82, 2.24) is 0 Å². The quantitative estimate of drug-likeness (QED) is 0.362. The molecule has 0 saturated heterocycles. The zero-order valence-electron chi connectivity index (χ0n) is 16.0. The summed E-state index contributed by atoms with van der Waals surface area (Å²) in [4.78, 5) is -0.215. The molecule has 0 saturated carbocycles. The standard InChI is InChI=1S/C20H26O5S.K/c1-2-3-4-5-6-7-9-16-10-8-11-19(21)20(16)25-17-12-14-18(15-13-17)26(22,23)24;/h8,10-15,21H,2-7,9H2,1H3,(H,22,23,24);/q;+1/p-1. The van der Waals surface area contributed by atoms with E-state index in [2.05, 4.69) is 6.92 Å². The van der Waals surface area contributed by atoms with Crippen molar-refractivity contribution in [3.05, 3.63) is 48.0 Å². The van der Waals surface area contributed by atoms with Crippen molar-refractivity contribution in [2.75, 3.05) is 0 Å². The average molecular weight is 417 g/mol. The van der Waals surface area contributed by atoms with Crippen LogP contribution in [0.25, 0.3) is 0 Å². The van der Waals surface area contributed by atoms with Crippen LogP contribution in [0, 0.1) is 0 Å². The van der Waals surface area contributed by atoms with Crippen molar-refractivity contribution in [1.29, 1.82) is 0 Å². The normalized spacial score (nSPS) is 11.0. The molecule has 2 aromatic rings. The molecule has 0 radical (unpaired) electrons. The molecule has 0 bridgehead atoms. The number of hydrogen-bond donors (Lipinski definition) is 1. The molecule has 0 aliphatic rings. The first kappa shape index (κ1) is 24.6. The predicted molar refractivity (Wildman–Crippen MR) is 99.3 cm³/mol. The molecule has 2 aromatic carbocycles. The zero-order valence-corrected chi connectivity index (χ0v) is 19.9. The molecule has 2 rings (SSSR count). The summed E-state index contributed by atoms with van der Waals surface area (Å²) in [5.41, 5.74) is 0.854. The van der Waals surface area contributed by atoms with E-state index in [1.807, 2.05) is 6.07 Å². The molecule has 0 spiro atoms. The number of rotatable bonds is 10. The summed E-state index contributed by atoms with van der Waals surface area (Å²) in [6, 6.07) is 10.4. The Bertz CT molecular complexity index is 804. The second-order valence-electron chi connectivity index (χ2n) is 6.31. The van der Waals surface area contributed by atoms with Crippen molar-refractivity contribution in [3.8, 4) is 17.2 Å². The molecule has 0 unspecified atom stereocenters. The van der Waals surface area contributed by atoms with Crippen molar-refractivity contribution in [3.63, 3.8) is 0 Å². The van der Waals surface area contributed by atoms with Gasteiger partial charge in [-0.15, -0.1) is 0 Å². The van der Waals surface area contributed by atoms with Gasteiger partial charge in [-0.25, -0.2) is 0 Å². The van der Waals surface area contributed by atoms with Crippen molar-refractivity contribution in [2.45, 2.75) is 56.8 Å². The maximum absolute atomic E-state index is 12.2. The van der Waals surface area contributed by atoms with Crippen LogP contribution in [0.3, 0.4) is 0 Å². The van der Waals surface area contributed by atoms with E-state index < -0.39 is 10.1 Å². The van der Waals surface area contributed by atoms with E-state index in [1.54, 1.807) is 6.07 Å². The number of benzene rings is 2. The Morgan fingerprint density at radius 1 is 0.963 bits per heavy atom. The monoisotopic (exact) mass is 416 g/mol. The molecule has 27 heavy (non-hydrogen) atoms. The van der Waals surface area contributed by atoms with Gasteiger partial charge in [-0.3, -0.25) is 4.55 Å². The summed E-state index contributed by atoms with van der Waals surface area (Å²) in [6.07, 6.45) is 7.77. The van der Waals surface area contributed by atoms with Gasteiger partial charge in [0.15, 0.2) is 0 Å². The van der Waals surface area contributed by atoms with Gasteiger partial charge in [0.05, 0.1) is 4.90 Å². The fourth-order valence-corrected chi connectivity index (χ4v) is 3.25. The molecule has 0 aliphatic heterocycles. The summed E-state index contributed by atoms with van der Waals surface area (Å²) in [5.74, 6) is 0.429. The molecule has 7 heteroatoms. The Labute approximate surface area is 204 Å². The van der Waals surface area contributed by atoms with Gasteiger partial charge in [0.2, 0.25) is 0 Å². The van der Waals surface area contributed by atoms with Crippen LogP contribution in [-0.4, -0.2) is 13.0 Å². The fourth-order valence-electron chi connectivity index (χ4n) is 2.77. The van der Waals surface area contributed by atoms with Crippen LogP contribution in [-0.2, 0) is 16.5 Å². The third kappa shape index (κ3) is 8.23. The van der Waals surface area contributed by atoms with Crippen molar-refractivity contribution >= 4 is 10.1 Å². The summed E-state index contributed by atoms with van der Waals surface area (Å²) in [7, 11) is -4.25. The molecule has 0 amide bonds. The minimum atomic E-state index is -4.25. The molecule has 5 nitrogen and oxygen atoms in total. The van der Waals surface area contributed by atoms with E-state index >= 15 is 0 Å². The predicted octanol–water partition coefficient (Wildman–Crippen LogP) is 1.71. The maximum atomic E-state index is 12.2. The van der Waals surface area contributed by atoms with E-state index in [-0.39, 0.29) is 67.8 Å². The van der Waals surface area contributed by atoms with Crippen LogP contribution in [0.2, 0.25) is 0 Å². The summed E-state index contributed by atoms with van der Waals surface area (Å²) in [5, 5.41) is 12.2. The van der Waals surface area contributed by atoms with Gasteiger partial charge in [-0.05, 0) is 42.7 Å². The molecule has 0 atom stereocenters. The molecule has 0 aromatic heterocycles. The van der Waals surface area contributed by atoms with Crippen LogP contribution in [0.5, 0.6) is 17.2 Å². The Balaban J connectivity index is 0.00000364. The Morgan fingerprint density at radius 3 is 2.22 bits per heavy atom. The first-order valence-corrected chi connectivity index (χ1v) is 10.4. The molecule has 0 aliphatic carbocycles. The third-order valence-electron chi connectivity index (χ3n) is 4.20. The molecule has 0 heterocycles. The fraction of sp³-hybridized carbons (Fsp3) is 0.400. The summed E-state index contributed by atoms with van der Waals surface area (Å²) < 4.78 is 36.9. The van der Waals surface area contributed by atoms with E-state index in [1.165, 1.54) is 56.0 Å². The van der Waals surface area contributed by atoms with Gasteiger partial charge < -0.3 is 9.84 Å². The minimum Gasteiger partial charge on any atom is -0.870 e. The SMILES string of the molecule is CCCCCCCCc1cccc([O-])c1Oc1ccc(S(=O)(=O)O)cc1.[K+]. The van der Waals surface area contributed by atoms with Gasteiger partial charge in [0.1, 0.15) is 11.5 Å². The second kappa shape index (κ2) is 12.2. The van der Waals surface area contributed by atoms with E-state index in [4.69, 9.17) is 9.29 Å². The maximum Gasteiger partial charge on any atom is 1.00 e. The topological polar surface area (TPSA) is 86.7 Å². The Hall–Kier alpha value is -0.414.